The standard InChI is InChI=1S/C11H8N.C4H6N3O2P.Ir/c1-2-6-10(7-3-1)11-8-4-5-9-12-11;1-10(8,9)4-6-2-5-3-7-4;/h1-6,8-9H;2-3H,1H3,(H,8,9);/q-1;;. The molecular formula is C15H14IrN4O2P-. The van der Waals surface area contributed by atoms with Gasteiger partial charge < -0.3 is 9.88 Å². The zero-order chi connectivity index (χ0) is 15.8. The molecule has 0 amide bonds. The molecule has 3 rings (SSSR count). The minimum absolute atomic E-state index is 0. The van der Waals surface area contributed by atoms with Gasteiger partial charge in [-0.05, 0) is 11.8 Å². The van der Waals surface area contributed by atoms with E-state index in [1.54, 1.807) is 6.20 Å². The Bertz CT molecular complexity index is 702. The van der Waals surface area contributed by atoms with Crippen molar-refractivity contribution < 1.29 is 29.6 Å². The predicted molar refractivity (Wildman–Crippen MR) is 83.7 cm³/mol. The molecule has 1 radical (unpaired) electrons. The molecule has 8 heteroatoms. The van der Waals surface area contributed by atoms with Crippen LogP contribution in [0.3, 0.4) is 0 Å². The summed E-state index contributed by atoms with van der Waals surface area (Å²) < 4.78 is 10.8. The van der Waals surface area contributed by atoms with E-state index in [1.165, 1.54) is 19.3 Å². The third kappa shape index (κ3) is 6.47. The fourth-order valence-electron chi connectivity index (χ4n) is 1.52. The molecule has 1 atom stereocenters. The van der Waals surface area contributed by atoms with Gasteiger partial charge in [0.15, 0.2) is 0 Å². The molecule has 3 aromatic rings. The van der Waals surface area contributed by atoms with E-state index in [2.05, 4.69) is 26.0 Å². The molecule has 0 aliphatic heterocycles. The van der Waals surface area contributed by atoms with Crippen LogP contribution in [-0.2, 0) is 24.7 Å². The number of aromatic nitrogens is 4. The molecule has 121 valence electrons. The average molecular weight is 505 g/mol. The van der Waals surface area contributed by atoms with Gasteiger partial charge in [-0.25, -0.2) is 15.0 Å². The Morgan fingerprint density at radius 2 is 1.74 bits per heavy atom. The van der Waals surface area contributed by atoms with Gasteiger partial charge in [0.2, 0.25) is 5.57 Å². The fourth-order valence-corrected chi connectivity index (χ4v) is 2.05. The van der Waals surface area contributed by atoms with Crippen molar-refractivity contribution >= 4 is 12.9 Å². The van der Waals surface area contributed by atoms with Gasteiger partial charge in [0.05, 0.1) is 0 Å². The van der Waals surface area contributed by atoms with Crippen LogP contribution in [0.4, 0.5) is 0 Å². The molecule has 0 aliphatic rings. The minimum atomic E-state index is -3.28. The van der Waals surface area contributed by atoms with Crippen LogP contribution in [0.25, 0.3) is 11.3 Å². The SMILES string of the molecule is CP(=O)(O)c1ncncn1.[Ir].[c-]1ccccc1-c1ccccn1. The van der Waals surface area contributed by atoms with Gasteiger partial charge in [-0.2, -0.15) is 0 Å². The summed E-state index contributed by atoms with van der Waals surface area (Å²) in [6.07, 6.45) is 4.17. The van der Waals surface area contributed by atoms with Crippen molar-refractivity contribution in [1.29, 1.82) is 0 Å². The van der Waals surface area contributed by atoms with Gasteiger partial charge in [-0.1, -0.05) is 12.1 Å². The Hall–Kier alpha value is -1.78. The van der Waals surface area contributed by atoms with Crippen LogP contribution in [0.1, 0.15) is 0 Å². The van der Waals surface area contributed by atoms with Crippen molar-refractivity contribution in [1.82, 2.24) is 19.9 Å². The second-order valence-corrected chi connectivity index (χ2v) is 6.47. The number of hydrogen-bond donors (Lipinski definition) is 1. The second kappa shape index (κ2) is 9.38. The molecule has 2 heterocycles. The summed E-state index contributed by atoms with van der Waals surface area (Å²) in [6.45, 7) is 1.18. The van der Waals surface area contributed by atoms with E-state index in [0.29, 0.717) is 0 Å². The summed E-state index contributed by atoms with van der Waals surface area (Å²) >= 11 is 0. The van der Waals surface area contributed by atoms with Crippen LogP contribution < -0.4 is 5.57 Å². The van der Waals surface area contributed by atoms with Crippen molar-refractivity contribution in [3.63, 3.8) is 0 Å². The largest absolute Gasteiger partial charge is 0.339 e. The first-order chi connectivity index (χ1) is 10.6. The van der Waals surface area contributed by atoms with Gasteiger partial charge in [0, 0.05) is 33.0 Å². The van der Waals surface area contributed by atoms with E-state index in [-0.39, 0.29) is 25.7 Å². The van der Waals surface area contributed by atoms with E-state index >= 15 is 0 Å². The van der Waals surface area contributed by atoms with Crippen molar-refractivity contribution in [2.45, 2.75) is 0 Å². The second-order valence-electron chi connectivity index (χ2n) is 4.31. The van der Waals surface area contributed by atoms with Gasteiger partial charge in [-0.3, -0.25) is 4.57 Å². The molecule has 1 unspecified atom stereocenters. The Kier molecular flexibility index (Phi) is 7.86. The monoisotopic (exact) mass is 506 g/mol. The third-order valence-electron chi connectivity index (χ3n) is 2.50. The van der Waals surface area contributed by atoms with Crippen molar-refractivity contribution in [3.05, 3.63) is 67.4 Å². The molecule has 0 saturated heterocycles. The molecule has 23 heavy (non-hydrogen) atoms. The molecule has 2 aromatic heterocycles. The van der Waals surface area contributed by atoms with E-state index in [1.807, 2.05) is 42.5 Å². The normalized spacial score (nSPS) is 12.1. The number of hydrogen-bond acceptors (Lipinski definition) is 5. The fraction of sp³-hybridized carbons (Fsp3) is 0.0667. The van der Waals surface area contributed by atoms with Gasteiger partial charge in [-0.15, -0.1) is 35.9 Å². The van der Waals surface area contributed by atoms with Crippen molar-refractivity contribution in [2.75, 3.05) is 6.66 Å². The Morgan fingerprint density at radius 1 is 1.04 bits per heavy atom. The Labute approximate surface area is 147 Å². The smallest absolute Gasteiger partial charge is 0.263 e. The van der Waals surface area contributed by atoms with Crippen molar-refractivity contribution in [3.8, 4) is 11.3 Å². The zero-order valence-corrected chi connectivity index (χ0v) is 15.5. The van der Waals surface area contributed by atoms with Crippen LogP contribution in [0, 0.1) is 6.07 Å². The van der Waals surface area contributed by atoms with Crippen molar-refractivity contribution in [2.24, 2.45) is 0 Å². The molecule has 0 spiro atoms. The van der Waals surface area contributed by atoms with Crippen LogP contribution in [0.5, 0.6) is 0 Å². The Balaban J connectivity index is 0.000000224. The maximum Gasteiger partial charge on any atom is 0.263 e. The van der Waals surface area contributed by atoms with Gasteiger partial charge in [0.25, 0.3) is 7.37 Å². The molecular weight excluding hydrogens is 491 g/mol. The van der Waals surface area contributed by atoms with Crippen LogP contribution >= 0.6 is 7.37 Å². The summed E-state index contributed by atoms with van der Waals surface area (Å²) in [4.78, 5) is 23.6. The summed E-state index contributed by atoms with van der Waals surface area (Å²) in [5.74, 6) is 0. The maximum absolute atomic E-state index is 10.8. The number of pyridine rings is 1. The summed E-state index contributed by atoms with van der Waals surface area (Å²) in [6, 6.07) is 16.8. The minimum Gasteiger partial charge on any atom is -0.339 e. The van der Waals surface area contributed by atoms with E-state index < -0.39 is 7.37 Å². The third-order valence-corrected chi connectivity index (χ3v) is 3.47. The number of benzene rings is 1. The van der Waals surface area contributed by atoms with Crippen LogP contribution in [0.2, 0.25) is 0 Å². The molecule has 6 nitrogen and oxygen atoms in total. The van der Waals surface area contributed by atoms with E-state index in [9.17, 15) is 4.57 Å². The number of rotatable bonds is 2. The summed E-state index contributed by atoms with van der Waals surface area (Å²) in [5.41, 5.74) is 1.96. The quantitative estimate of drug-likeness (QED) is 0.423. The molecule has 0 saturated carbocycles. The first kappa shape index (κ1) is 19.3. The Morgan fingerprint density at radius 3 is 2.22 bits per heavy atom. The summed E-state index contributed by atoms with van der Waals surface area (Å²) in [5, 5.41) is 0. The molecule has 1 N–H and O–H groups in total. The van der Waals surface area contributed by atoms with Crippen LogP contribution in [0.15, 0.2) is 61.3 Å². The predicted octanol–water partition coefficient (Wildman–Crippen LogP) is 1.94. The molecule has 1 aromatic carbocycles. The van der Waals surface area contributed by atoms with Crippen LogP contribution in [-0.4, -0.2) is 31.5 Å². The number of nitrogens with zero attached hydrogens (tertiary/aromatic N) is 4. The van der Waals surface area contributed by atoms with Gasteiger partial charge >= 0.3 is 0 Å². The molecule has 0 aliphatic carbocycles. The van der Waals surface area contributed by atoms with E-state index in [4.69, 9.17) is 4.89 Å². The molecule has 0 fully saturated rings. The maximum atomic E-state index is 10.8. The molecule has 0 bridgehead atoms. The van der Waals surface area contributed by atoms with Gasteiger partial charge in [0.1, 0.15) is 12.7 Å². The first-order valence-corrected chi connectivity index (χ1v) is 8.49. The zero-order valence-electron chi connectivity index (χ0n) is 12.2. The summed E-state index contributed by atoms with van der Waals surface area (Å²) in [7, 11) is -3.28. The van der Waals surface area contributed by atoms with E-state index in [0.717, 1.165) is 11.3 Å². The first-order valence-electron chi connectivity index (χ1n) is 6.38. The topological polar surface area (TPSA) is 88.9 Å². The average Bonchev–Trinajstić information content (AvgIpc) is 2.57.